The summed E-state index contributed by atoms with van der Waals surface area (Å²) in [6, 6.07) is 10.3. The highest BCUT2D eigenvalue weighted by Gasteiger charge is 2.14. The lowest BCUT2D eigenvalue weighted by Gasteiger charge is -2.17. The molecule has 2 aromatic rings. The van der Waals surface area contributed by atoms with Crippen LogP contribution in [0.25, 0.3) is 0 Å². The molecule has 0 radical (unpaired) electrons. The molecular formula is C18H19ClN2O2S. The van der Waals surface area contributed by atoms with Crippen LogP contribution in [0.4, 0.5) is 5.69 Å². The summed E-state index contributed by atoms with van der Waals surface area (Å²) in [4.78, 5) is 12.2. The van der Waals surface area contributed by atoms with Gasteiger partial charge in [-0.15, -0.1) is 0 Å². The number of phenols is 1. The number of amides is 1. The van der Waals surface area contributed by atoms with Crippen molar-refractivity contribution in [1.82, 2.24) is 5.32 Å². The lowest BCUT2D eigenvalue weighted by atomic mass is 9.98. The number of aromatic hydroxyl groups is 1. The van der Waals surface area contributed by atoms with Gasteiger partial charge < -0.3 is 10.4 Å². The predicted octanol–water partition coefficient (Wildman–Crippen LogP) is 4.60. The molecule has 126 valence electrons. The van der Waals surface area contributed by atoms with Crippen molar-refractivity contribution < 1.29 is 9.90 Å². The molecule has 0 spiro atoms. The number of halogens is 1. The van der Waals surface area contributed by atoms with E-state index in [2.05, 4.69) is 10.6 Å². The molecule has 0 aliphatic rings. The van der Waals surface area contributed by atoms with Gasteiger partial charge in [0.1, 0.15) is 5.75 Å². The van der Waals surface area contributed by atoms with Crippen molar-refractivity contribution in [2.75, 3.05) is 5.32 Å². The Hall–Kier alpha value is -2.11. The molecule has 0 fully saturated rings. The van der Waals surface area contributed by atoms with E-state index >= 15 is 0 Å². The van der Waals surface area contributed by atoms with E-state index in [1.165, 1.54) is 0 Å². The van der Waals surface area contributed by atoms with Crippen LogP contribution in [-0.4, -0.2) is 16.1 Å². The zero-order chi connectivity index (χ0) is 17.9. The Balaban J connectivity index is 2.17. The SMILES string of the molecule is Cc1cc(NC(=S)NC(=O)c2ccccc2Cl)c(C(C)C)cc1O. The van der Waals surface area contributed by atoms with Gasteiger partial charge in [0, 0.05) is 5.69 Å². The molecule has 3 N–H and O–H groups in total. The fraction of sp³-hybridized carbons (Fsp3) is 0.222. The molecule has 0 aliphatic heterocycles. The van der Waals surface area contributed by atoms with Gasteiger partial charge in [-0.05, 0) is 60.5 Å². The summed E-state index contributed by atoms with van der Waals surface area (Å²) in [7, 11) is 0. The van der Waals surface area contributed by atoms with Crippen LogP contribution in [0.5, 0.6) is 5.75 Å². The number of anilines is 1. The van der Waals surface area contributed by atoms with E-state index in [-0.39, 0.29) is 22.7 Å². The predicted molar refractivity (Wildman–Crippen MR) is 102 cm³/mol. The van der Waals surface area contributed by atoms with E-state index in [1.807, 2.05) is 13.8 Å². The standard InChI is InChI=1S/C18H19ClN2O2S/c1-10(2)13-9-16(22)11(3)8-15(13)20-18(24)21-17(23)12-6-4-5-7-14(12)19/h4-10,22H,1-3H3,(H2,20,21,23,24). The minimum atomic E-state index is -0.375. The van der Waals surface area contributed by atoms with Crippen LogP contribution >= 0.6 is 23.8 Å². The maximum Gasteiger partial charge on any atom is 0.258 e. The summed E-state index contributed by atoms with van der Waals surface area (Å²) in [5, 5.41) is 16.1. The van der Waals surface area contributed by atoms with E-state index in [0.29, 0.717) is 10.6 Å². The van der Waals surface area contributed by atoms with E-state index in [4.69, 9.17) is 23.8 Å². The Morgan fingerprint density at radius 3 is 2.54 bits per heavy atom. The van der Waals surface area contributed by atoms with Crippen molar-refractivity contribution in [3.05, 3.63) is 58.1 Å². The van der Waals surface area contributed by atoms with Gasteiger partial charge in [0.15, 0.2) is 5.11 Å². The van der Waals surface area contributed by atoms with Crippen molar-refractivity contribution in [3.8, 4) is 5.75 Å². The first-order valence-corrected chi connectivity index (χ1v) is 8.28. The summed E-state index contributed by atoms with van der Waals surface area (Å²) in [5.41, 5.74) is 2.74. The minimum Gasteiger partial charge on any atom is -0.508 e. The molecule has 2 aromatic carbocycles. The summed E-state index contributed by atoms with van der Waals surface area (Å²) >= 11 is 11.2. The highest BCUT2D eigenvalue weighted by atomic mass is 35.5. The molecule has 0 heterocycles. The minimum absolute atomic E-state index is 0.173. The molecule has 6 heteroatoms. The highest BCUT2D eigenvalue weighted by Crippen LogP contribution is 2.31. The van der Waals surface area contributed by atoms with Crippen LogP contribution in [0.2, 0.25) is 5.02 Å². The zero-order valence-electron chi connectivity index (χ0n) is 13.7. The van der Waals surface area contributed by atoms with Gasteiger partial charge in [0.05, 0.1) is 10.6 Å². The molecule has 1 amide bonds. The highest BCUT2D eigenvalue weighted by molar-refractivity contribution is 7.80. The normalized spacial score (nSPS) is 10.5. The average Bonchev–Trinajstić information content (AvgIpc) is 2.50. The number of benzene rings is 2. The van der Waals surface area contributed by atoms with E-state index < -0.39 is 0 Å². The van der Waals surface area contributed by atoms with Crippen LogP contribution < -0.4 is 10.6 Å². The number of rotatable bonds is 3. The molecule has 0 saturated carbocycles. The number of nitrogens with one attached hydrogen (secondary N) is 2. The Labute approximate surface area is 151 Å². The molecule has 0 bridgehead atoms. The Morgan fingerprint density at radius 2 is 1.92 bits per heavy atom. The molecular weight excluding hydrogens is 344 g/mol. The summed E-state index contributed by atoms with van der Waals surface area (Å²) < 4.78 is 0. The number of thiocarbonyl (C=S) groups is 1. The van der Waals surface area contributed by atoms with E-state index in [0.717, 1.165) is 16.8 Å². The van der Waals surface area contributed by atoms with Crippen LogP contribution in [0.3, 0.4) is 0 Å². The maximum absolute atomic E-state index is 12.2. The fourth-order valence-corrected chi connectivity index (χ4v) is 2.69. The Morgan fingerprint density at radius 1 is 1.25 bits per heavy atom. The Bertz CT molecular complexity index is 791. The Kier molecular flexibility index (Phi) is 5.80. The average molecular weight is 363 g/mol. The first-order chi connectivity index (χ1) is 11.3. The van der Waals surface area contributed by atoms with Crippen LogP contribution in [0.15, 0.2) is 36.4 Å². The van der Waals surface area contributed by atoms with Gasteiger partial charge in [0.25, 0.3) is 5.91 Å². The van der Waals surface area contributed by atoms with Crippen LogP contribution in [0.1, 0.15) is 41.3 Å². The number of phenolic OH excluding ortho intramolecular Hbond substituents is 1. The molecule has 0 atom stereocenters. The molecule has 0 aromatic heterocycles. The first-order valence-electron chi connectivity index (χ1n) is 7.50. The van der Waals surface area contributed by atoms with Crippen LogP contribution in [0, 0.1) is 6.92 Å². The molecule has 2 rings (SSSR count). The summed E-state index contributed by atoms with van der Waals surface area (Å²) in [6.45, 7) is 5.83. The molecule has 0 aliphatic carbocycles. The first kappa shape index (κ1) is 18.2. The third-order valence-electron chi connectivity index (χ3n) is 3.58. The van der Waals surface area contributed by atoms with E-state index in [1.54, 1.807) is 43.3 Å². The number of hydrogen-bond acceptors (Lipinski definition) is 3. The van der Waals surface area contributed by atoms with Gasteiger partial charge in [-0.3, -0.25) is 10.1 Å². The molecule has 0 saturated heterocycles. The van der Waals surface area contributed by atoms with Gasteiger partial charge >= 0.3 is 0 Å². The lowest BCUT2D eigenvalue weighted by Crippen LogP contribution is -2.34. The second-order valence-corrected chi connectivity index (χ2v) is 6.58. The molecule has 4 nitrogen and oxygen atoms in total. The lowest BCUT2D eigenvalue weighted by molar-refractivity contribution is 0.0978. The van der Waals surface area contributed by atoms with Gasteiger partial charge in [-0.2, -0.15) is 0 Å². The number of aryl methyl sites for hydroxylation is 1. The third-order valence-corrected chi connectivity index (χ3v) is 4.12. The molecule has 24 heavy (non-hydrogen) atoms. The van der Waals surface area contributed by atoms with Crippen molar-refractivity contribution in [3.63, 3.8) is 0 Å². The zero-order valence-corrected chi connectivity index (χ0v) is 15.3. The topological polar surface area (TPSA) is 61.4 Å². The van der Waals surface area contributed by atoms with Crippen molar-refractivity contribution in [2.24, 2.45) is 0 Å². The van der Waals surface area contributed by atoms with Gasteiger partial charge in [0.2, 0.25) is 0 Å². The summed E-state index contributed by atoms with van der Waals surface area (Å²) in [6.07, 6.45) is 0. The maximum atomic E-state index is 12.2. The number of hydrogen-bond donors (Lipinski definition) is 3. The second kappa shape index (κ2) is 7.64. The largest absolute Gasteiger partial charge is 0.508 e. The number of carbonyl (C=O) groups excluding carboxylic acids is 1. The monoisotopic (exact) mass is 362 g/mol. The van der Waals surface area contributed by atoms with Gasteiger partial charge in [-0.25, -0.2) is 0 Å². The smallest absolute Gasteiger partial charge is 0.258 e. The van der Waals surface area contributed by atoms with Crippen molar-refractivity contribution >= 4 is 40.5 Å². The summed E-state index contributed by atoms with van der Waals surface area (Å²) in [5.74, 6) is 0.0380. The van der Waals surface area contributed by atoms with Gasteiger partial charge in [-0.1, -0.05) is 37.6 Å². The number of carbonyl (C=O) groups is 1. The molecule has 0 unspecified atom stereocenters. The second-order valence-electron chi connectivity index (χ2n) is 5.77. The van der Waals surface area contributed by atoms with Crippen molar-refractivity contribution in [1.29, 1.82) is 0 Å². The van der Waals surface area contributed by atoms with E-state index in [9.17, 15) is 9.90 Å². The quantitative estimate of drug-likeness (QED) is 0.551. The van der Waals surface area contributed by atoms with Crippen molar-refractivity contribution in [2.45, 2.75) is 26.7 Å². The van der Waals surface area contributed by atoms with Crippen LogP contribution in [-0.2, 0) is 0 Å². The third kappa shape index (κ3) is 4.24. The fourth-order valence-electron chi connectivity index (χ4n) is 2.27.